The number of ketones is 1. The van der Waals surface area contributed by atoms with Crippen LogP contribution in [0.15, 0.2) is 30.3 Å². The Hall–Kier alpha value is -3.02. The molecule has 0 aromatic heterocycles. The molecule has 0 radical (unpaired) electrons. The van der Waals surface area contributed by atoms with Gasteiger partial charge in [-0.15, -0.1) is 0 Å². The fourth-order valence-corrected chi connectivity index (χ4v) is 3.10. The van der Waals surface area contributed by atoms with Crippen molar-refractivity contribution in [1.82, 2.24) is 0 Å². The summed E-state index contributed by atoms with van der Waals surface area (Å²) < 4.78 is 16.8. The van der Waals surface area contributed by atoms with Crippen molar-refractivity contribution in [3.8, 4) is 17.2 Å². The topological polar surface area (TPSA) is 82.1 Å². The largest absolute Gasteiger partial charge is 0.493 e. The molecule has 0 saturated heterocycles. The molecule has 6 heteroatoms. The Morgan fingerprint density at radius 3 is 2.13 bits per heavy atom. The molecule has 0 bridgehead atoms. The van der Waals surface area contributed by atoms with Gasteiger partial charge in [0, 0.05) is 12.0 Å². The van der Waals surface area contributed by atoms with Gasteiger partial charge in [-0.3, -0.25) is 4.79 Å². The van der Waals surface area contributed by atoms with Gasteiger partial charge >= 0.3 is 5.97 Å². The number of ether oxygens (including phenoxy) is 3. The van der Waals surface area contributed by atoms with E-state index in [1.807, 2.05) is 32.9 Å². The van der Waals surface area contributed by atoms with Gasteiger partial charge in [0.2, 0.25) is 0 Å². The minimum Gasteiger partial charge on any atom is -0.493 e. The maximum absolute atomic E-state index is 12.2. The second-order valence-electron chi connectivity index (χ2n) is 7.11. The number of benzene rings is 2. The standard InChI is InChI=1S/C24H30O6/c1-5-8-20(25)19-10-12-21(17(3)16(19)2)29-13-6-7-14-30-22-11-9-18(24(26)27)15-23(22)28-4/h9-12,15H,5-8,13-14H2,1-4H3,(H,26,27). The van der Waals surface area contributed by atoms with E-state index in [1.165, 1.54) is 19.2 Å². The summed E-state index contributed by atoms with van der Waals surface area (Å²) in [6.45, 7) is 6.95. The number of carbonyl (C=O) groups excluding carboxylic acids is 1. The van der Waals surface area contributed by atoms with Gasteiger partial charge in [-0.2, -0.15) is 0 Å². The van der Waals surface area contributed by atoms with Crippen LogP contribution in [0.4, 0.5) is 0 Å². The highest BCUT2D eigenvalue weighted by molar-refractivity contribution is 5.97. The smallest absolute Gasteiger partial charge is 0.335 e. The van der Waals surface area contributed by atoms with Crippen molar-refractivity contribution in [2.75, 3.05) is 20.3 Å². The van der Waals surface area contributed by atoms with E-state index in [9.17, 15) is 9.59 Å². The van der Waals surface area contributed by atoms with Crippen LogP contribution in [0.1, 0.15) is 64.4 Å². The number of hydrogen-bond donors (Lipinski definition) is 1. The first-order valence-electron chi connectivity index (χ1n) is 10.2. The number of unbranched alkanes of at least 4 members (excludes halogenated alkanes) is 1. The first kappa shape index (κ1) is 23.3. The highest BCUT2D eigenvalue weighted by Gasteiger charge is 2.13. The summed E-state index contributed by atoms with van der Waals surface area (Å²) in [6.07, 6.45) is 2.97. The highest BCUT2D eigenvalue weighted by Crippen LogP contribution is 2.28. The zero-order valence-corrected chi connectivity index (χ0v) is 18.1. The van der Waals surface area contributed by atoms with Crippen LogP contribution in [-0.4, -0.2) is 37.2 Å². The Kier molecular flexibility index (Phi) is 8.71. The molecule has 6 nitrogen and oxygen atoms in total. The Bertz CT molecular complexity index is 888. The number of carboxylic acid groups (broad SMARTS) is 1. The summed E-state index contributed by atoms with van der Waals surface area (Å²) >= 11 is 0. The van der Waals surface area contributed by atoms with Gasteiger partial charge in [-0.25, -0.2) is 4.79 Å². The van der Waals surface area contributed by atoms with E-state index >= 15 is 0 Å². The van der Waals surface area contributed by atoms with Crippen molar-refractivity contribution in [3.05, 3.63) is 52.6 Å². The molecule has 162 valence electrons. The van der Waals surface area contributed by atoms with Crippen LogP contribution in [0, 0.1) is 13.8 Å². The third kappa shape index (κ3) is 5.99. The monoisotopic (exact) mass is 414 g/mol. The highest BCUT2D eigenvalue weighted by atomic mass is 16.5. The van der Waals surface area contributed by atoms with Crippen LogP contribution in [0.25, 0.3) is 0 Å². The maximum Gasteiger partial charge on any atom is 0.335 e. The number of carboxylic acids is 1. The fourth-order valence-electron chi connectivity index (χ4n) is 3.10. The summed E-state index contributed by atoms with van der Waals surface area (Å²) in [5.41, 5.74) is 2.90. The van der Waals surface area contributed by atoms with Crippen LogP contribution in [0.2, 0.25) is 0 Å². The molecule has 0 fully saturated rings. The predicted molar refractivity (Wildman–Crippen MR) is 115 cm³/mol. The Morgan fingerprint density at radius 1 is 0.900 bits per heavy atom. The predicted octanol–water partition coefficient (Wildman–Crippen LogP) is 5.23. The third-order valence-corrected chi connectivity index (χ3v) is 4.98. The summed E-state index contributed by atoms with van der Waals surface area (Å²) in [6, 6.07) is 8.26. The quantitative estimate of drug-likeness (QED) is 0.378. The molecule has 0 amide bonds. The van der Waals surface area contributed by atoms with Crippen molar-refractivity contribution >= 4 is 11.8 Å². The summed E-state index contributed by atoms with van der Waals surface area (Å²) in [4.78, 5) is 23.2. The Labute approximate surface area is 177 Å². The summed E-state index contributed by atoms with van der Waals surface area (Å²) in [5, 5.41) is 9.04. The van der Waals surface area contributed by atoms with Crippen LogP contribution in [0.3, 0.4) is 0 Å². The number of hydrogen-bond acceptors (Lipinski definition) is 5. The Morgan fingerprint density at radius 2 is 1.53 bits per heavy atom. The van der Waals surface area contributed by atoms with Gasteiger partial charge in [0.25, 0.3) is 0 Å². The van der Waals surface area contributed by atoms with E-state index in [2.05, 4.69) is 0 Å². The SMILES string of the molecule is CCCC(=O)c1ccc(OCCCCOc2ccc(C(=O)O)cc2OC)c(C)c1C. The third-order valence-electron chi connectivity index (χ3n) is 4.98. The zero-order chi connectivity index (χ0) is 22.1. The number of Topliss-reactive ketones (excluding diaryl/α,β-unsaturated/α-hetero) is 1. The average molecular weight is 414 g/mol. The van der Waals surface area contributed by atoms with Crippen LogP contribution in [-0.2, 0) is 0 Å². The summed E-state index contributed by atoms with van der Waals surface area (Å²) in [7, 11) is 1.48. The zero-order valence-electron chi connectivity index (χ0n) is 18.1. The van der Waals surface area contributed by atoms with E-state index in [0.717, 1.165) is 41.7 Å². The van der Waals surface area contributed by atoms with Crippen LogP contribution in [0.5, 0.6) is 17.2 Å². The van der Waals surface area contributed by atoms with E-state index in [-0.39, 0.29) is 11.3 Å². The van der Waals surface area contributed by atoms with Crippen LogP contribution < -0.4 is 14.2 Å². The van der Waals surface area contributed by atoms with Crippen LogP contribution >= 0.6 is 0 Å². The van der Waals surface area contributed by atoms with Crippen molar-refractivity contribution in [2.45, 2.75) is 46.5 Å². The minimum absolute atomic E-state index is 0.153. The molecular formula is C24H30O6. The molecule has 0 aliphatic carbocycles. The Balaban J connectivity index is 1.81. The number of rotatable bonds is 12. The molecule has 30 heavy (non-hydrogen) atoms. The second kappa shape index (κ2) is 11.2. The molecule has 0 atom stereocenters. The van der Waals surface area contributed by atoms with Gasteiger partial charge in [0.1, 0.15) is 5.75 Å². The molecule has 1 N–H and O–H groups in total. The molecule has 2 aromatic carbocycles. The molecule has 0 saturated carbocycles. The molecule has 2 rings (SSSR count). The van der Waals surface area contributed by atoms with Crippen molar-refractivity contribution in [2.24, 2.45) is 0 Å². The number of methoxy groups -OCH3 is 1. The number of aromatic carboxylic acids is 1. The number of carbonyl (C=O) groups is 2. The first-order chi connectivity index (χ1) is 14.4. The molecular weight excluding hydrogens is 384 g/mol. The lowest BCUT2D eigenvalue weighted by atomic mass is 9.97. The van der Waals surface area contributed by atoms with Gasteiger partial charge in [-0.1, -0.05) is 6.92 Å². The van der Waals surface area contributed by atoms with Gasteiger partial charge < -0.3 is 19.3 Å². The molecule has 2 aromatic rings. The molecule has 0 spiro atoms. The lowest BCUT2D eigenvalue weighted by molar-refractivity contribution is 0.0696. The lowest BCUT2D eigenvalue weighted by Crippen LogP contribution is -2.07. The van der Waals surface area contributed by atoms with E-state index in [4.69, 9.17) is 19.3 Å². The van der Waals surface area contributed by atoms with Gasteiger partial charge in [-0.05, 0) is 74.6 Å². The maximum atomic E-state index is 12.2. The summed E-state index contributed by atoms with van der Waals surface area (Å²) in [5.74, 6) is 0.878. The minimum atomic E-state index is -1.01. The van der Waals surface area contributed by atoms with Gasteiger partial charge in [0.05, 0.1) is 25.9 Å². The van der Waals surface area contributed by atoms with Gasteiger partial charge in [0.15, 0.2) is 17.3 Å². The van der Waals surface area contributed by atoms with Crippen molar-refractivity contribution in [3.63, 3.8) is 0 Å². The molecule has 0 aliphatic rings. The van der Waals surface area contributed by atoms with E-state index < -0.39 is 5.97 Å². The molecule has 0 aliphatic heterocycles. The molecule has 0 heterocycles. The first-order valence-corrected chi connectivity index (χ1v) is 10.2. The lowest BCUT2D eigenvalue weighted by Gasteiger charge is -2.14. The van der Waals surface area contributed by atoms with E-state index in [0.29, 0.717) is 31.1 Å². The van der Waals surface area contributed by atoms with Crippen molar-refractivity contribution < 1.29 is 28.9 Å². The second-order valence-corrected chi connectivity index (χ2v) is 7.11. The van der Waals surface area contributed by atoms with E-state index in [1.54, 1.807) is 6.07 Å². The fraction of sp³-hybridized carbons (Fsp3) is 0.417. The molecule has 0 unspecified atom stereocenters. The normalized spacial score (nSPS) is 10.5. The average Bonchev–Trinajstić information content (AvgIpc) is 2.73. The van der Waals surface area contributed by atoms with Crippen molar-refractivity contribution in [1.29, 1.82) is 0 Å².